The number of carbonyl (C=O) groups is 2. The minimum Gasteiger partial charge on any atom is -0.491 e. The van der Waals surface area contributed by atoms with Crippen molar-refractivity contribution in [2.45, 2.75) is 20.8 Å². The van der Waals surface area contributed by atoms with E-state index in [-0.39, 0.29) is 25.0 Å². The van der Waals surface area contributed by atoms with Crippen molar-refractivity contribution in [3.63, 3.8) is 0 Å². The van der Waals surface area contributed by atoms with Crippen LogP contribution in [0.25, 0.3) is 10.1 Å². The third kappa shape index (κ3) is 4.50. The lowest BCUT2D eigenvalue weighted by Gasteiger charge is -2.12. The number of carbonyl (C=O) groups excluding carboxylic acids is 2. The average molecular weight is 430 g/mol. The SMILES string of the molecule is CCOC(=O)c1c(NC(C)=O)sc2c(OC[C@@H](C)CO)c(Br)ccc12. The predicted octanol–water partition coefficient (Wildman–Crippen LogP) is 3.81. The number of hydrogen-bond donors (Lipinski definition) is 2. The Morgan fingerprint density at radius 1 is 1.40 bits per heavy atom. The topological polar surface area (TPSA) is 84.9 Å². The van der Waals surface area contributed by atoms with E-state index in [0.29, 0.717) is 28.3 Å². The van der Waals surface area contributed by atoms with Crippen LogP contribution in [0.4, 0.5) is 5.00 Å². The van der Waals surface area contributed by atoms with Crippen molar-refractivity contribution < 1.29 is 24.2 Å². The minimum absolute atomic E-state index is 0.0171. The first-order valence-corrected chi connectivity index (χ1v) is 9.43. The molecule has 0 aliphatic carbocycles. The van der Waals surface area contributed by atoms with Crippen LogP contribution in [0, 0.1) is 5.92 Å². The van der Waals surface area contributed by atoms with Gasteiger partial charge in [-0.15, -0.1) is 11.3 Å². The van der Waals surface area contributed by atoms with Gasteiger partial charge in [-0.2, -0.15) is 0 Å². The zero-order chi connectivity index (χ0) is 18.6. The predicted molar refractivity (Wildman–Crippen MR) is 102 cm³/mol. The van der Waals surface area contributed by atoms with Crippen LogP contribution in [-0.2, 0) is 9.53 Å². The van der Waals surface area contributed by atoms with Gasteiger partial charge in [-0.05, 0) is 28.9 Å². The van der Waals surface area contributed by atoms with Crippen LogP contribution < -0.4 is 10.1 Å². The van der Waals surface area contributed by atoms with Crippen LogP contribution in [-0.4, -0.2) is 36.8 Å². The van der Waals surface area contributed by atoms with Crippen LogP contribution in [0.15, 0.2) is 16.6 Å². The molecular formula is C17H20BrNO5S. The highest BCUT2D eigenvalue weighted by Crippen LogP contribution is 2.44. The summed E-state index contributed by atoms with van der Waals surface area (Å²) in [4.78, 5) is 23.9. The Morgan fingerprint density at radius 2 is 2.12 bits per heavy atom. The lowest BCUT2D eigenvalue weighted by molar-refractivity contribution is -0.114. The maximum Gasteiger partial charge on any atom is 0.341 e. The molecular weight excluding hydrogens is 410 g/mol. The molecule has 0 saturated carbocycles. The van der Waals surface area contributed by atoms with Gasteiger partial charge in [0.1, 0.15) is 10.6 Å². The number of benzene rings is 1. The molecule has 6 nitrogen and oxygen atoms in total. The van der Waals surface area contributed by atoms with E-state index < -0.39 is 5.97 Å². The first-order chi connectivity index (χ1) is 11.9. The molecule has 2 N–H and O–H groups in total. The molecule has 1 atom stereocenters. The number of rotatable bonds is 7. The van der Waals surface area contributed by atoms with E-state index in [1.807, 2.05) is 6.92 Å². The molecule has 25 heavy (non-hydrogen) atoms. The van der Waals surface area contributed by atoms with Crippen molar-refractivity contribution in [3.05, 3.63) is 22.2 Å². The van der Waals surface area contributed by atoms with E-state index in [1.165, 1.54) is 18.3 Å². The van der Waals surface area contributed by atoms with Gasteiger partial charge in [0, 0.05) is 24.8 Å². The number of aliphatic hydroxyl groups excluding tert-OH is 1. The second kappa shape index (κ2) is 8.64. The highest BCUT2D eigenvalue weighted by atomic mass is 79.9. The molecule has 1 heterocycles. The van der Waals surface area contributed by atoms with Crippen LogP contribution in [0.5, 0.6) is 5.75 Å². The van der Waals surface area contributed by atoms with Gasteiger partial charge in [-0.1, -0.05) is 13.0 Å². The molecule has 8 heteroatoms. The fraction of sp³-hybridized carbons (Fsp3) is 0.412. The van der Waals surface area contributed by atoms with Crippen LogP contribution in [0.3, 0.4) is 0 Å². The molecule has 0 spiro atoms. The van der Waals surface area contributed by atoms with Gasteiger partial charge in [-0.25, -0.2) is 4.79 Å². The number of fused-ring (bicyclic) bond motifs is 1. The molecule has 2 aromatic rings. The van der Waals surface area contributed by atoms with Gasteiger partial charge in [0.05, 0.1) is 22.4 Å². The van der Waals surface area contributed by atoms with Crippen LogP contribution in [0.2, 0.25) is 0 Å². The maximum atomic E-state index is 12.4. The largest absolute Gasteiger partial charge is 0.491 e. The number of thiophene rings is 1. The zero-order valence-corrected chi connectivity index (χ0v) is 16.6. The summed E-state index contributed by atoms with van der Waals surface area (Å²) >= 11 is 4.71. The molecule has 0 aliphatic heterocycles. The maximum absolute atomic E-state index is 12.4. The second-order valence-corrected chi connectivity index (χ2v) is 7.43. The molecule has 0 fully saturated rings. The number of ether oxygens (including phenoxy) is 2. The number of amides is 1. The van der Waals surface area contributed by atoms with Gasteiger partial charge in [0.2, 0.25) is 5.91 Å². The number of hydrogen-bond acceptors (Lipinski definition) is 6. The van der Waals surface area contributed by atoms with Crippen LogP contribution >= 0.6 is 27.3 Å². The highest BCUT2D eigenvalue weighted by molar-refractivity contribution is 9.10. The molecule has 136 valence electrons. The number of anilines is 1. The van der Waals surface area contributed by atoms with Crippen molar-refractivity contribution in [1.82, 2.24) is 0 Å². The number of nitrogens with one attached hydrogen (secondary N) is 1. The summed E-state index contributed by atoms with van der Waals surface area (Å²) in [5.41, 5.74) is 0.324. The molecule has 2 rings (SSSR count). The molecule has 0 saturated heterocycles. The van der Waals surface area contributed by atoms with E-state index in [4.69, 9.17) is 9.47 Å². The lowest BCUT2D eigenvalue weighted by Crippen LogP contribution is -2.12. The van der Waals surface area contributed by atoms with Gasteiger partial charge in [-0.3, -0.25) is 4.79 Å². The van der Waals surface area contributed by atoms with Crippen molar-refractivity contribution in [2.24, 2.45) is 5.92 Å². The van der Waals surface area contributed by atoms with E-state index in [0.717, 1.165) is 9.17 Å². The van der Waals surface area contributed by atoms with Gasteiger partial charge < -0.3 is 19.9 Å². The molecule has 0 aliphatic rings. The monoisotopic (exact) mass is 429 g/mol. The Kier molecular flexibility index (Phi) is 6.80. The summed E-state index contributed by atoms with van der Waals surface area (Å²) in [7, 11) is 0. The lowest BCUT2D eigenvalue weighted by atomic mass is 10.1. The molecule has 0 bridgehead atoms. The fourth-order valence-electron chi connectivity index (χ4n) is 2.18. The van der Waals surface area contributed by atoms with Crippen LogP contribution in [0.1, 0.15) is 31.1 Å². The molecule has 0 unspecified atom stereocenters. The quantitative estimate of drug-likeness (QED) is 0.653. The van der Waals surface area contributed by atoms with E-state index in [1.54, 1.807) is 19.1 Å². The van der Waals surface area contributed by atoms with Gasteiger partial charge in [0.25, 0.3) is 0 Å². The van der Waals surface area contributed by atoms with E-state index in [2.05, 4.69) is 21.2 Å². The molecule has 1 aromatic heterocycles. The third-order valence-electron chi connectivity index (χ3n) is 3.36. The summed E-state index contributed by atoms with van der Waals surface area (Å²) < 4.78 is 12.4. The second-order valence-electron chi connectivity index (χ2n) is 5.56. The van der Waals surface area contributed by atoms with Crippen molar-refractivity contribution in [2.75, 3.05) is 25.1 Å². The van der Waals surface area contributed by atoms with E-state index in [9.17, 15) is 14.7 Å². The smallest absolute Gasteiger partial charge is 0.341 e. The summed E-state index contributed by atoms with van der Waals surface area (Å²) in [6.07, 6.45) is 0. The van der Waals surface area contributed by atoms with E-state index >= 15 is 0 Å². The molecule has 1 amide bonds. The fourth-order valence-corrected chi connectivity index (χ4v) is 3.99. The zero-order valence-electron chi connectivity index (χ0n) is 14.2. The van der Waals surface area contributed by atoms with Gasteiger partial charge in [0.15, 0.2) is 5.75 Å². The van der Waals surface area contributed by atoms with Gasteiger partial charge >= 0.3 is 5.97 Å². The summed E-state index contributed by atoms with van der Waals surface area (Å²) in [6.45, 7) is 5.57. The van der Waals surface area contributed by atoms with Crippen molar-refractivity contribution >= 4 is 54.2 Å². The Labute approximate surface area is 158 Å². The number of halogens is 1. The molecule has 0 radical (unpaired) electrons. The van der Waals surface area contributed by atoms with Crippen molar-refractivity contribution in [1.29, 1.82) is 0 Å². The third-order valence-corrected chi connectivity index (χ3v) is 5.10. The Hall–Kier alpha value is -1.64. The summed E-state index contributed by atoms with van der Waals surface area (Å²) in [5.74, 6) is -0.214. The first-order valence-electron chi connectivity index (χ1n) is 7.82. The Balaban J connectivity index is 2.57. The summed E-state index contributed by atoms with van der Waals surface area (Å²) in [5, 5.41) is 13.0. The number of esters is 1. The van der Waals surface area contributed by atoms with Crippen molar-refractivity contribution in [3.8, 4) is 5.75 Å². The average Bonchev–Trinajstić information content (AvgIpc) is 2.91. The highest BCUT2D eigenvalue weighted by Gasteiger charge is 2.24. The Bertz CT molecular complexity index is 789. The summed E-state index contributed by atoms with van der Waals surface area (Å²) in [6, 6.07) is 3.57. The first kappa shape index (κ1) is 19.7. The minimum atomic E-state index is -0.491. The standard InChI is InChI=1S/C17H20BrNO5S/c1-4-23-17(22)13-11-5-6-12(18)14(24-8-9(2)7-20)15(11)25-16(13)19-10(3)21/h5-6,9,20H,4,7-8H2,1-3H3,(H,19,21)/t9-/m0/s1. The normalized spacial score (nSPS) is 12.0. The Morgan fingerprint density at radius 3 is 2.72 bits per heavy atom. The molecule has 1 aromatic carbocycles. The number of aliphatic hydroxyl groups is 1.